The van der Waals surface area contributed by atoms with Gasteiger partial charge in [-0.3, -0.25) is 10.2 Å². The fraction of sp³-hybridized carbons (Fsp3) is 0.0800. The minimum absolute atomic E-state index is 0.0528. The van der Waals surface area contributed by atoms with Crippen LogP contribution in [0.3, 0.4) is 0 Å². The lowest BCUT2D eigenvalue weighted by Crippen LogP contribution is -2.35. The fourth-order valence-electron chi connectivity index (χ4n) is 3.45. The third-order valence-electron chi connectivity index (χ3n) is 5.15. The Kier molecular flexibility index (Phi) is 6.10. The van der Waals surface area contributed by atoms with Gasteiger partial charge in [0.25, 0.3) is 5.91 Å². The lowest BCUT2D eigenvalue weighted by atomic mass is 10.1. The largest absolute Gasteiger partial charge is 0.462 e. The molecule has 2 aromatic carbocycles. The molecule has 35 heavy (non-hydrogen) atoms. The van der Waals surface area contributed by atoms with E-state index in [-0.39, 0.29) is 11.4 Å². The molecule has 0 bridgehead atoms. The number of thioether (sulfide) groups is 1. The van der Waals surface area contributed by atoms with E-state index in [9.17, 15) is 9.59 Å². The molecule has 1 N–H and O–H groups in total. The molecule has 1 aromatic heterocycles. The summed E-state index contributed by atoms with van der Waals surface area (Å²) in [6, 6.07) is 17.5. The number of amidine groups is 2. The van der Waals surface area contributed by atoms with E-state index in [1.165, 1.54) is 22.8 Å². The summed E-state index contributed by atoms with van der Waals surface area (Å²) >= 11 is 7.46. The standard InChI is InChI=1S/C25H17ClN4O4S/c1-2-33-24(32)15-9-7-14(8-10-15)20-12-11-16(34-20)13-18-21(27)30-25(28-22(18)31)35-23(29-30)17-5-3-4-6-19(17)26/h3-13,27H,2H2,1H3/b18-13+,27-21?. The predicted octanol–water partition coefficient (Wildman–Crippen LogP) is 5.44. The monoisotopic (exact) mass is 504 g/mol. The Hall–Kier alpha value is -3.95. The number of carbonyl (C=O) groups excluding carboxylic acids is 2. The van der Waals surface area contributed by atoms with Crippen LogP contribution in [0.4, 0.5) is 0 Å². The topological polar surface area (TPSA) is 108 Å². The van der Waals surface area contributed by atoms with Crippen molar-refractivity contribution in [2.45, 2.75) is 6.92 Å². The van der Waals surface area contributed by atoms with E-state index in [1.807, 2.05) is 18.2 Å². The normalized spacial score (nSPS) is 16.3. The number of aliphatic imine (C=N–C) groups is 1. The van der Waals surface area contributed by atoms with E-state index in [1.54, 1.807) is 49.4 Å². The van der Waals surface area contributed by atoms with E-state index >= 15 is 0 Å². The summed E-state index contributed by atoms with van der Waals surface area (Å²) < 4.78 is 10.9. The molecular formula is C25H17ClN4O4S. The van der Waals surface area contributed by atoms with Gasteiger partial charge in [0, 0.05) is 11.1 Å². The van der Waals surface area contributed by atoms with Crippen LogP contribution in [0.2, 0.25) is 5.02 Å². The zero-order valence-electron chi connectivity index (χ0n) is 18.3. The predicted molar refractivity (Wildman–Crippen MR) is 136 cm³/mol. The average Bonchev–Trinajstić information content (AvgIpc) is 3.50. The van der Waals surface area contributed by atoms with E-state index in [2.05, 4.69) is 10.1 Å². The quantitative estimate of drug-likeness (QED) is 0.366. The molecule has 3 heterocycles. The van der Waals surface area contributed by atoms with Crippen molar-refractivity contribution in [3.63, 3.8) is 0 Å². The zero-order chi connectivity index (χ0) is 24.5. The summed E-state index contributed by atoms with van der Waals surface area (Å²) in [5, 5.41) is 15.7. The third-order valence-corrected chi connectivity index (χ3v) is 6.42. The van der Waals surface area contributed by atoms with Gasteiger partial charge >= 0.3 is 5.97 Å². The van der Waals surface area contributed by atoms with E-state index in [0.29, 0.717) is 44.5 Å². The van der Waals surface area contributed by atoms with Crippen LogP contribution in [0.1, 0.15) is 28.6 Å². The van der Waals surface area contributed by atoms with Gasteiger partial charge in [-0.25, -0.2) is 4.79 Å². The third kappa shape index (κ3) is 4.43. The molecule has 0 aliphatic carbocycles. The van der Waals surface area contributed by atoms with Gasteiger partial charge in [0.15, 0.2) is 5.84 Å². The molecule has 0 spiro atoms. The van der Waals surface area contributed by atoms with Crippen LogP contribution >= 0.6 is 23.4 Å². The molecule has 174 valence electrons. The van der Waals surface area contributed by atoms with Crippen LogP contribution in [0, 0.1) is 5.41 Å². The first-order chi connectivity index (χ1) is 16.9. The smallest absolute Gasteiger partial charge is 0.338 e. The van der Waals surface area contributed by atoms with E-state index in [4.69, 9.17) is 26.2 Å². The Labute approximate surface area is 209 Å². The lowest BCUT2D eigenvalue weighted by Gasteiger charge is -2.19. The van der Waals surface area contributed by atoms with Gasteiger partial charge < -0.3 is 9.15 Å². The van der Waals surface area contributed by atoms with Crippen molar-refractivity contribution < 1.29 is 18.7 Å². The van der Waals surface area contributed by atoms with Crippen LogP contribution in [-0.2, 0) is 9.53 Å². The maximum Gasteiger partial charge on any atom is 0.338 e. The molecule has 0 saturated carbocycles. The number of furan rings is 1. The first-order valence-electron chi connectivity index (χ1n) is 10.6. The van der Waals surface area contributed by atoms with Crippen molar-refractivity contribution in [3.8, 4) is 11.3 Å². The number of nitrogens with one attached hydrogen (secondary N) is 1. The van der Waals surface area contributed by atoms with Gasteiger partial charge in [-0.05, 0) is 55.1 Å². The number of fused-ring (bicyclic) bond motifs is 1. The number of nitrogens with zero attached hydrogens (tertiary/aromatic N) is 3. The van der Waals surface area contributed by atoms with Crippen molar-refractivity contribution in [1.82, 2.24) is 5.01 Å². The van der Waals surface area contributed by atoms with Gasteiger partial charge in [-0.1, -0.05) is 41.9 Å². The number of carbonyl (C=O) groups is 2. The molecule has 10 heteroatoms. The Bertz CT molecular complexity index is 1460. The number of halogens is 1. The van der Waals surface area contributed by atoms with Crippen molar-refractivity contribution in [2.24, 2.45) is 10.1 Å². The van der Waals surface area contributed by atoms with Gasteiger partial charge in [0.2, 0.25) is 5.17 Å². The van der Waals surface area contributed by atoms with Crippen molar-refractivity contribution in [3.05, 3.63) is 88.1 Å². The molecule has 3 aromatic rings. The van der Waals surface area contributed by atoms with Crippen LogP contribution in [-0.4, -0.2) is 39.5 Å². The highest BCUT2D eigenvalue weighted by atomic mass is 35.5. The first-order valence-corrected chi connectivity index (χ1v) is 11.8. The number of hydrogen-bond donors (Lipinski definition) is 1. The van der Waals surface area contributed by atoms with Crippen LogP contribution < -0.4 is 0 Å². The maximum atomic E-state index is 12.7. The molecule has 2 aliphatic rings. The highest BCUT2D eigenvalue weighted by Gasteiger charge is 2.36. The Morgan fingerprint density at radius 3 is 2.69 bits per heavy atom. The molecule has 5 rings (SSSR count). The van der Waals surface area contributed by atoms with Gasteiger partial charge in [0.05, 0.1) is 22.8 Å². The van der Waals surface area contributed by atoms with Crippen LogP contribution in [0.15, 0.2) is 80.7 Å². The molecule has 0 saturated heterocycles. The van der Waals surface area contributed by atoms with Gasteiger partial charge in [-0.2, -0.15) is 15.1 Å². The molecule has 1 amide bonds. The molecule has 2 aliphatic heterocycles. The lowest BCUT2D eigenvalue weighted by molar-refractivity contribution is -0.114. The summed E-state index contributed by atoms with van der Waals surface area (Å²) in [6.07, 6.45) is 1.47. The molecule has 0 radical (unpaired) electrons. The molecule has 8 nitrogen and oxygen atoms in total. The van der Waals surface area contributed by atoms with Gasteiger partial charge in [-0.15, -0.1) is 0 Å². The van der Waals surface area contributed by atoms with Gasteiger partial charge in [0.1, 0.15) is 16.6 Å². The second-order valence-electron chi connectivity index (χ2n) is 7.40. The summed E-state index contributed by atoms with van der Waals surface area (Å²) in [7, 11) is 0. The number of hydrazone groups is 1. The van der Waals surface area contributed by atoms with Crippen molar-refractivity contribution in [2.75, 3.05) is 6.61 Å². The number of hydrogen-bond acceptors (Lipinski definition) is 7. The Balaban J connectivity index is 1.39. The Morgan fingerprint density at radius 1 is 1.17 bits per heavy atom. The fourth-order valence-corrected chi connectivity index (χ4v) is 4.66. The Morgan fingerprint density at radius 2 is 1.94 bits per heavy atom. The molecular weight excluding hydrogens is 488 g/mol. The summed E-state index contributed by atoms with van der Waals surface area (Å²) in [6.45, 7) is 2.06. The maximum absolute atomic E-state index is 12.7. The second kappa shape index (κ2) is 9.36. The number of esters is 1. The number of rotatable bonds is 5. The first kappa shape index (κ1) is 22.8. The van der Waals surface area contributed by atoms with E-state index in [0.717, 1.165) is 5.56 Å². The van der Waals surface area contributed by atoms with Crippen LogP contribution in [0.25, 0.3) is 17.4 Å². The highest BCUT2D eigenvalue weighted by Crippen LogP contribution is 2.33. The number of benzene rings is 2. The van der Waals surface area contributed by atoms with Crippen molar-refractivity contribution >= 4 is 57.4 Å². The minimum Gasteiger partial charge on any atom is -0.462 e. The van der Waals surface area contributed by atoms with Crippen LogP contribution in [0.5, 0.6) is 0 Å². The number of amides is 1. The summed E-state index contributed by atoms with van der Waals surface area (Å²) in [5.74, 6) is -0.128. The SMILES string of the molecule is CCOC(=O)c1ccc(-c2ccc(/C=C3\C(=N)N4N=C(c5ccccc5Cl)SC4=NC3=O)o2)cc1. The highest BCUT2D eigenvalue weighted by molar-refractivity contribution is 8.27. The zero-order valence-corrected chi connectivity index (χ0v) is 19.9. The number of ether oxygens (including phenoxy) is 1. The summed E-state index contributed by atoms with van der Waals surface area (Å²) in [5.41, 5.74) is 1.95. The van der Waals surface area contributed by atoms with Crippen molar-refractivity contribution in [1.29, 1.82) is 5.41 Å². The molecule has 0 unspecified atom stereocenters. The summed E-state index contributed by atoms with van der Waals surface area (Å²) in [4.78, 5) is 28.6. The van der Waals surface area contributed by atoms with E-state index < -0.39 is 11.9 Å². The molecule has 0 fully saturated rings. The molecule has 0 atom stereocenters. The average molecular weight is 505 g/mol. The minimum atomic E-state index is -0.555. The second-order valence-corrected chi connectivity index (χ2v) is 8.77.